The highest BCUT2D eigenvalue weighted by atomic mass is 16.4. The van der Waals surface area contributed by atoms with Crippen molar-refractivity contribution in [1.29, 1.82) is 5.26 Å². The number of hydrogen-bond acceptors (Lipinski definition) is 3. The summed E-state index contributed by atoms with van der Waals surface area (Å²) in [4.78, 5) is 24.9. The highest BCUT2D eigenvalue weighted by Crippen LogP contribution is 2.23. The Morgan fingerprint density at radius 1 is 1.11 bits per heavy atom. The van der Waals surface area contributed by atoms with Crippen molar-refractivity contribution in [1.82, 2.24) is 10.2 Å². The summed E-state index contributed by atoms with van der Waals surface area (Å²) in [7, 11) is 0. The predicted octanol–water partition coefficient (Wildman–Crippen LogP) is 3.23. The van der Waals surface area contributed by atoms with Crippen molar-refractivity contribution in [2.45, 2.75) is 19.4 Å². The molecule has 0 spiro atoms. The van der Waals surface area contributed by atoms with Gasteiger partial charge in [0.2, 0.25) is 0 Å². The van der Waals surface area contributed by atoms with E-state index >= 15 is 0 Å². The first-order chi connectivity index (χ1) is 13.1. The van der Waals surface area contributed by atoms with Gasteiger partial charge in [0.15, 0.2) is 0 Å². The van der Waals surface area contributed by atoms with E-state index in [2.05, 4.69) is 11.4 Å². The number of nitrogens with zero attached hydrogens (tertiary/aromatic N) is 2. The minimum atomic E-state index is -0.784. The second-order valence-electron chi connectivity index (χ2n) is 6.61. The maximum atomic E-state index is 12.3. The van der Waals surface area contributed by atoms with E-state index in [1.807, 2.05) is 42.5 Å². The Bertz CT molecular complexity index is 863. The molecule has 1 aliphatic rings. The van der Waals surface area contributed by atoms with Gasteiger partial charge in [-0.3, -0.25) is 4.79 Å². The number of benzene rings is 2. The van der Waals surface area contributed by atoms with Crippen molar-refractivity contribution in [2.75, 3.05) is 13.1 Å². The molecule has 1 heterocycles. The van der Waals surface area contributed by atoms with Crippen LogP contribution in [0.5, 0.6) is 0 Å². The smallest absolute Gasteiger partial charge is 0.317 e. The zero-order chi connectivity index (χ0) is 19.2. The fourth-order valence-corrected chi connectivity index (χ4v) is 3.25. The average molecular weight is 363 g/mol. The minimum absolute atomic E-state index is 0.169. The Morgan fingerprint density at radius 2 is 1.78 bits per heavy atom. The summed E-state index contributed by atoms with van der Waals surface area (Å²) in [5.74, 6) is -1.13. The van der Waals surface area contributed by atoms with Crippen LogP contribution in [0.1, 0.15) is 24.0 Å². The van der Waals surface area contributed by atoms with Gasteiger partial charge in [0.1, 0.15) is 0 Å². The van der Waals surface area contributed by atoms with Crippen LogP contribution in [-0.2, 0) is 11.3 Å². The molecule has 1 aliphatic heterocycles. The highest BCUT2D eigenvalue weighted by Gasteiger charge is 2.26. The number of carbonyl (C=O) groups is 2. The van der Waals surface area contributed by atoms with Crippen molar-refractivity contribution >= 4 is 12.0 Å². The minimum Gasteiger partial charge on any atom is -0.481 e. The molecule has 0 aliphatic carbocycles. The highest BCUT2D eigenvalue weighted by molar-refractivity contribution is 5.75. The second kappa shape index (κ2) is 8.37. The van der Waals surface area contributed by atoms with Gasteiger partial charge < -0.3 is 15.3 Å². The van der Waals surface area contributed by atoms with Crippen molar-refractivity contribution in [3.05, 3.63) is 59.7 Å². The zero-order valence-electron chi connectivity index (χ0n) is 14.9. The second-order valence-corrected chi connectivity index (χ2v) is 6.61. The van der Waals surface area contributed by atoms with Gasteiger partial charge in [0, 0.05) is 19.6 Å². The fraction of sp³-hybridized carbons (Fsp3) is 0.286. The number of carboxylic acid groups (broad SMARTS) is 1. The normalized spacial score (nSPS) is 14.4. The fourth-order valence-electron chi connectivity index (χ4n) is 3.25. The molecule has 2 aromatic carbocycles. The summed E-state index contributed by atoms with van der Waals surface area (Å²) in [6.45, 7) is 1.33. The van der Waals surface area contributed by atoms with E-state index in [-0.39, 0.29) is 11.9 Å². The first kappa shape index (κ1) is 18.5. The number of likely N-dealkylation sites (tertiary alicyclic amines) is 1. The zero-order valence-corrected chi connectivity index (χ0v) is 14.9. The SMILES string of the molecule is N#Cc1ccccc1-c1ccc(CNC(=O)N2CCC(C(=O)O)CC2)cc1. The number of aliphatic carboxylic acids is 1. The van der Waals surface area contributed by atoms with Crippen molar-refractivity contribution < 1.29 is 14.7 Å². The average Bonchev–Trinajstić information content (AvgIpc) is 2.72. The van der Waals surface area contributed by atoms with Crippen LogP contribution >= 0.6 is 0 Å². The van der Waals surface area contributed by atoms with Crippen LogP contribution in [0, 0.1) is 17.2 Å². The molecule has 2 amide bonds. The molecule has 2 N–H and O–H groups in total. The summed E-state index contributed by atoms with van der Waals surface area (Å²) in [6, 6.07) is 17.2. The molecule has 138 valence electrons. The van der Waals surface area contributed by atoms with Crippen LogP contribution in [-0.4, -0.2) is 35.1 Å². The predicted molar refractivity (Wildman–Crippen MR) is 101 cm³/mol. The molecule has 0 saturated carbocycles. The van der Waals surface area contributed by atoms with Crippen molar-refractivity contribution in [2.24, 2.45) is 5.92 Å². The molecule has 6 heteroatoms. The Hall–Kier alpha value is -3.33. The topological polar surface area (TPSA) is 93.4 Å². The summed E-state index contributed by atoms with van der Waals surface area (Å²) in [5, 5.41) is 21.1. The van der Waals surface area contributed by atoms with Crippen LogP contribution in [0.3, 0.4) is 0 Å². The molecule has 0 aromatic heterocycles. The lowest BCUT2D eigenvalue weighted by Gasteiger charge is -2.30. The number of carboxylic acids is 1. The molecule has 0 unspecified atom stereocenters. The molecule has 1 fully saturated rings. The summed E-state index contributed by atoms with van der Waals surface area (Å²) >= 11 is 0. The standard InChI is InChI=1S/C21H21N3O3/c22-13-18-3-1-2-4-19(18)16-7-5-15(6-8-16)14-23-21(27)24-11-9-17(10-12-24)20(25)26/h1-8,17H,9-12,14H2,(H,23,27)(H,25,26). The lowest BCUT2D eigenvalue weighted by molar-refractivity contribution is -0.143. The molecule has 27 heavy (non-hydrogen) atoms. The number of urea groups is 1. The summed E-state index contributed by atoms with van der Waals surface area (Å²) in [5.41, 5.74) is 3.43. The Morgan fingerprint density at radius 3 is 2.41 bits per heavy atom. The van der Waals surface area contributed by atoms with Gasteiger partial charge in [-0.15, -0.1) is 0 Å². The molecule has 2 aromatic rings. The number of hydrogen-bond donors (Lipinski definition) is 2. The Balaban J connectivity index is 1.56. The van der Waals surface area contributed by atoms with Crippen LogP contribution in [0.15, 0.2) is 48.5 Å². The van der Waals surface area contributed by atoms with Gasteiger partial charge in [-0.2, -0.15) is 5.26 Å². The number of piperidine rings is 1. The van der Waals surface area contributed by atoms with E-state index in [0.29, 0.717) is 38.0 Å². The maximum absolute atomic E-state index is 12.3. The van der Waals surface area contributed by atoms with Gasteiger partial charge in [-0.1, -0.05) is 42.5 Å². The Labute approximate surface area is 158 Å². The van der Waals surface area contributed by atoms with Gasteiger partial charge in [0.25, 0.3) is 0 Å². The molecule has 3 rings (SSSR count). The van der Waals surface area contributed by atoms with Crippen molar-refractivity contribution in [3.8, 4) is 17.2 Å². The molecule has 0 bridgehead atoms. The van der Waals surface area contributed by atoms with Gasteiger partial charge >= 0.3 is 12.0 Å². The van der Waals surface area contributed by atoms with Crippen LogP contribution in [0.25, 0.3) is 11.1 Å². The van der Waals surface area contributed by atoms with E-state index < -0.39 is 5.97 Å². The lowest BCUT2D eigenvalue weighted by Crippen LogP contribution is -2.45. The van der Waals surface area contributed by atoms with Crippen LogP contribution < -0.4 is 5.32 Å². The molecular weight excluding hydrogens is 342 g/mol. The molecule has 0 atom stereocenters. The first-order valence-electron chi connectivity index (χ1n) is 8.92. The van der Waals surface area contributed by atoms with Gasteiger partial charge in [-0.05, 0) is 35.6 Å². The molecule has 1 saturated heterocycles. The third kappa shape index (κ3) is 4.45. The number of carbonyl (C=O) groups excluding carboxylic acids is 1. The molecular formula is C21H21N3O3. The lowest BCUT2D eigenvalue weighted by atomic mass is 9.97. The van der Waals surface area contributed by atoms with E-state index in [0.717, 1.165) is 16.7 Å². The van der Waals surface area contributed by atoms with E-state index in [1.165, 1.54) is 0 Å². The number of rotatable bonds is 4. The van der Waals surface area contributed by atoms with Gasteiger partial charge in [0.05, 0.1) is 17.6 Å². The number of nitriles is 1. The van der Waals surface area contributed by atoms with Gasteiger partial charge in [-0.25, -0.2) is 4.79 Å². The van der Waals surface area contributed by atoms with E-state index in [9.17, 15) is 14.9 Å². The molecule has 0 radical (unpaired) electrons. The quantitative estimate of drug-likeness (QED) is 0.872. The first-order valence-corrected chi connectivity index (χ1v) is 8.92. The monoisotopic (exact) mass is 363 g/mol. The van der Waals surface area contributed by atoms with Crippen LogP contribution in [0.4, 0.5) is 4.79 Å². The van der Waals surface area contributed by atoms with Crippen molar-refractivity contribution in [3.63, 3.8) is 0 Å². The number of amides is 2. The maximum Gasteiger partial charge on any atom is 0.317 e. The Kier molecular flexibility index (Phi) is 5.72. The third-order valence-electron chi connectivity index (χ3n) is 4.89. The summed E-state index contributed by atoms with van der Waals surface area (Å²) in [6.07, 6.45) is 0.992. The van der Waals surface area contributed by atoms with E-state index in [1.54, 1.807) is 11.0 Å². The summed E-state index contributed by atoms with van der Waals surface area (Å²) < 4.78 is 0. The third-order valence-corrected chi connectivity index (χ3v) is 4.89. The largest absolute Gasteiger partial charge is 0.481 e. The molecule has 6 nitrogen and oxygen atoms in total. The van der Waals surface area contributed by atoms with Crippen LogP contribution in [0.2, 0.25) is 0 Å². The number of nitrogens with one attached hydrogen (secondary N) is 1. The van der Waals surface area contributed by atoms with E-state index in [4.69, 9.17) is 5.11 Å².